The summed E-state index contributed by atoms with van der Waals surface area (Å²) < 4.78 is 5.31. The number of esters is 1. The third-order valence-corrected chi connectivity index (χ3v) is 2.12. The molecular weight excluding hydrogens is 196 g/mol. The van der Waals surface area contributed by atoms with Crippen LogP contribution in [-0.2, 0) is 4.74 Å². The van der Waals surface area contributed by atoms with Gasteiger partial charge in [0.05, 0.1) is 23.3 Å². The summed E-state index contributed by atoms with van der Waals surface area (Å²) in [5.74, 6) is -0.469. The smallest absolute Gasteiger partial charge is 0.340 e. The molecule has 1 heterocycles. The lowest BCUT2D eigenvalue weighted by atomic mass is 10.2. The van der Waals surface area contributed by atoms with Gasteiger partial charge in [-0.3, -0.25) is 0 Å². The molecule has 1 aromatic carbocycles. The molecule has 1 aromatic heterocycles. The number of nitrogens with zero attached hydrogens (tertiary/aromatic N) is 1. The minimum Gasteiger partial charge on any atom is -0.465 e. The van der Waals surface area contributed by atoms with Gasteiger partial charge in [-0.1, -0.05) is 6.07 Å². The number of hydrogen-bond donors (Lipinski definition) is 1. The Balaban J connectivity index is 2.83. The van der Waals surface area contributed by atoms with Gasteiger partial charge in [0.1, 0.15) is 5.52 Å². The molecule has 15 heavy (non-hydrogen) atoms. The van der Waals surface area contributed by atoms with E-state index in [4.69, 9.17) is 0 Å². The van der Waals surface area contributed by atoms with Crippen LogP contribution in [0.2, 0.25) is 0 Å². The van der Waals surface area contributed by atoms with Crippen molar-refractivity contribution in [2.45, 2.75) is 0 Å². The summed E-state index contributed by atoms with van der Waals surface area (Å²) in [6, 6.07) is 4.87. The van der Waals surface area contributed by atoms with Crippen LogP contribution in [0.3, 0.4) is 0 Å². The summed E-state index contributed by atoms with van der Waals surface area (Å²) in [5.41, 5.74) is 1.22. The summed E-state index contributed by atoms with van der Waals surface area (Å²) in [7, 11) is 1.30. The Bertz CT molecular complexity index is 574. The van der Waals surface area contributed by atoms with Crippen molar-refractivity contribution in [2.24, 2.45) is 0 Å². The molecule has 0 atom stereocenters. The number of rotatable bonds is 1. The third kappa shape index (κ3) is 1.48. The molecule has 5 nitrogen and oxygen atoms in total. The lowest BCUT2D eigenvalue weighted by Crippen LogP contribution is -2.16. The Labute approximate surface area is 84.9 Å². The minimum atomic E-state index is -0.469. The molecule has 0 unspecified atom stereocenters. The van der Waals surface area contributed by atoms with Gasteiger partial charge in [0.2, 0.25) is 6.20 Å². The number of carbonyl (C=O) groups excluding carboxylic acids is 1. The fourth-order valence-corrected chi connectivity index (χ4v) is 1.42. The van der Waals surface area contributed by atoms with E-state index in [2.05, 4.69) is 9.72 Å². The number of carbonyl (C=O) groups is 1. The van der Waals surface area contributed by atoms with Crippen molar-refractivity contribution < 1.29 is 14.0 Å². The molecule has 0 aliphatic heterocycles. The zero-order valence-corrected chi connectivity index (χ0v) is 8.06. The molecule has 0 spiro atoms. The molecule has 1 N–H and O–H groups in total. The van der Waals surface area contributed by atoms with Gasteiger partial charge >= 0.3 is 5.97 Å². The van der Waals surface area contributed by atoms with Gasteiger partial charge in [-0.15, -0.1) is 0 Å². The lowest BCUT2D eigenvalue weighted by Gasteiger charge is -1.99. The number of benzene rings is 1. The van der Waals surface area contributed by atoms with E-state index < -0.39 is 5.97 Å². The number of aromatic nitrogens is 2. The maximum atomic E-state index is 11.4. The zero-order valence-electron chi connectivity index (χ0n) is 8.06. The van der Waals surface area contributed by atoms with E-state index in [0.29, 0.717) is 21.0 Å². The van der Waals surface area contributed by atoms with E-state index in [1.54, 1.807) is 18.2 Å². The summed E-state index contributed by atoms with van der Waals surface area (Å²) in [6.07, 6.45) is 2.81. The molecule has 2 rings (SSSR count). The predicted molar refractivity (Wildman–Crippen MR) is 53.0 cm³/mol. The highest BCUT2D eigenvalue weighted by Crippen LogP contribution is 2.12. The predicted octanol–water partition coefficient (Wildman–Crippen LogP) is 0.869. The second-order valence-corrected chi connectivity index (χ2v) is 2.98. The monoisotopic (exact) mass is 205 g/mol. The molecule has 0 aliphatic rings. The fraction of sp³-hybridized carbons (Fsp3) is 0.100. The average molecular weight is 205 g/mol. The van der Waals surface area contributed by atoms with E-state index in [0.717, 1.165) is 0 Å². The van der Waals surface area contributed by atoms with E-state index in [1.165, 1.54) is 19.5 Å². The number of nitrogens with one attached hydrogen (secondary N) is 1. The van der Waals surface area contributed by atoms with E-state index >= 15 is 0 Å². The minimum absolute atomic E-state index is 0.347. The van der Waals surface area contributed by atoms with Crippen molar-refractivity contribution in [3.05, 3.63) is 41.1 Å². The Hall–Kier alpha value is -2.17. The van der Waals surface area contributed by atoms with Crippen molar-refractivity contribution in [1.29, 1.82) is 0 Å². The van der Waals surface area contributed by atoms with E-state index in [1.807, 2.05) is 0 Å². The fourth-order valence-electron chi connectivity index (χ4n) is 1.42. The zero-order chi connectivity index (χ0) is 10.8. The second-order valence-electron chi connectivity index (χ2n) is 2.98. The Morgan fingerprint density at radius 2 is 2.27 bits per heavy atom. The molecule has 2 aromatic rings. The first-order chi connectivity index (χ1) is 7.24. The lowest BCUT2D eigenvalue weighted by molar-refractivity contribution is -0.464. The van der Waals surface area contributed by atoms with Gasteiger partial charge < -0.3 is 9.72 Å². The quantitative estimate of drug-likeness (QED) is 0.555. The Morgan fingerprint density at radius 3 is 3.00 bits per heavy atom. The van der Waals surface area contributed by atoms with Gasteiger partial charge in [0.15, 0.2) is 0 Å². The molecule has 0 saturated carbocycles. The van der Waals surface area contributed by atoms with Crippen LogP contribution in [0.5, 0.6) is 0 Å². The van der Waals surface area contributed by atoms with Gasteiger partial charge in [-0.25, -0.2) is 4.79 Å². The summed E-state index contributed by atoms with van der Waals surface area (Å²) in [6.45, 7) is 0. The van der Waals surface area contributed by atoms with Crippen molar-refractivity contribution in [2.75, 3.05) is 7.11 Å². The van der Waals surface area contributed by atoms with Crippen LogP contribution in [0.15, 0.2) is 30.6 Å². The number of aromatic amines is 1. The molecule has 0 radical (unpaired) electrons. The maximum Gasteiger partial charge on any atom is 0.340 e. The van der Waals surface area contributed by atoms with Crippen molar-refractivity contribution in [3.63, 3.8) is 0 Å². The summed E-state index contributed by atoms with van der Waals surface area (Å²) >= 11 is 0. The molecule has 0 amide bonds. The first-order valence-electron chi connectivity index (χ1n) is 4.35. The van der Waals surface area contributed by atoms with Crippen molar-refractivity contribution in [1.82, 2.24) is 4.98 Å². The number of fused-ring (bicyclic) bond motifs is 1. The molecule has 5 heteroatoms. The van der Waals surface area contributed by atoms with Crippen LogP contribution in [0.1, 0.15) is 10.4 Å². The number of ether oxygens (including phenoxy) is 1. The SMILES string of the molecule is COC(=O)c1cccc2c1[nH]cc[n+]2=O. The summed E-state index contributed by atoms with van der Waals surface area (Å²) in [4.78, 5) is 25.6. The van der Waals surface area contributed by atoms with Crippen molar-refractivity contribution >= 4 is 17.0 Å². The largest absolute Gasteiger partial charge is 0.465 e. The summed E-state index contributed by atoms with van der Waals surface area (Å²) in [5, 5.41) is 0. The van der Waals surface area contributed by atoms with Crippen LogP contribution in [0.25, 0.3) is 11.0 Å². The van der Waals surface area contributed by atoms with Gasteiger partial charge in [-0.2, -0.15) is 0 Å². The van der Waals surface area contributed by atoms with Crippen LogP contribution in [0, 0.1) is 4.91 Å². The normalized spacial score (nSPS) is 10.2. The van der Waals surface area contributed by atoms with E-state index in [9.17, 15) is 9.70 Å². The Kier molecular flexibility index (Phi) is 2.21. The van der Waals surface area contributed by atoms with Crippen molar-refractivity contribution in [3.8, 4) is 0 Å². The van der Waals surface area contributed by atoms with Crippen LogP contribution >= 0.6 is 0 Å². The first kappa shape index (κ1) is 9.39. The molecular formula is C10H9N2O3+. The first-order valence-corrected chi connectivity index (χ1v) is 4.35. The maximum absolute atomic E-state index is 11.4. The highest BCUT2D eigenvalue weighted by molar-refractivity contribution is 6.00. The molecule has 0 aliphatic carbocycles. The standard InChI is InChI=1S/C10H8N2O3/c1-15-10(13)7-3-2-4-8-9(7)11-5-6-12(8)14/h2-6H,1H3/p+1. The number of para-hydroxylation sites is 1. The van der Waals surface area contributed by atoms with Crippen LogP contribution < -0.4 is 4.43 Å². The van der Waals surface area contributed by atoms with Gasteiger partial charge in [0, 0.05) is 11.0 Å². The van der Waals surface area contributed by atoms with Gasteiger partial charge in [-0.05, 0) is 6.07 Å². The number of hydrogen-bond acceptors (Lipinski definition) is 3. The number of H-pyrrole nitrogens is 1. The molecule has 0 fully saturated rings. The number of methoxy groups -OCH3 is 1. The molecule has 76 valence electrons. The Morgan fingerprint density at radius 1 is 1.47 bits per heavy atom. The highest BCUT2D eigenvalue weighted by atomic mass is 16.5. The van der Waals surface area contributed by atoms with E-state index in [-0.39, 0.29) is 0 Å². The average Bonchev–Trinajstić information content (AvgIpc) is 2.28. The topological polar surface area (TPSA) is 65.1 Å². The van der Waals surface area contributed by atoms with Gasteiger partial charge in [0.25, 0.3) is 5.52 Å². The second kappa shape index (κ2) is 3.53. The third-order valence-electron chi connectivity index (χ3n) is 2.12. The molecule has 0 bridgehead atoms. The van der Waals surface area contributed by atoms with Crippen LogP contribution in [0.4, 0.5) is 0 Å². The highest BCUT2D eigenvalue weighted by Gasteiger charge is 2.15. The molecule has 0 saturated heterocycles. The van der Waals surface area contributed by atoms with Crippen LogP contribution in [-0.4, -0.2) is 18.1 Å².